The molecule has 1 saturated carbocycles. The van der Waals surface area contributed by atoms with Crippen LogP contribution in [-0.4, -0.2) is 6.04 Å². The summed E-state index contributed by atoms with van der Waals surface area (Å²) in [4.78, 5) is 0. The fourth-order valence-electron chi connectivity index (χ4n) is 2.76. The van der Waals surface area contributed by atoms with Crippen molar-refractivity contribution in [2.75, 3.05) is 0 Å². The molecule has 0 heterocycles. The Morgan fingerprint density at radius 3 is 2.30 bits per heavy atom. The topological polar surface area (TPSA) is 12.0 Å². The van der Waals surface area contributed by atoms with Crippen molar-refractivity contribution >= 4 is 0 Å². The van der Waals surface area contributed by atoms with Gasteiger partial charge < -0.3 is 5.32 Å². The van der Waals surface area contributed by atoms with Crippen LogP contribution in [0.5, 0.6) is 0 Å². The van der Waals surface area contributed by atoms with Crippen molar-refractivity contribution in [1.82, 2.24) is 5.32 Å². The maximum atomic E-state index is 12.8. The predicted molar refractivity (Wildman–Crippen MR) is 80.2 cm³/mol. The van der Waals surface area contributed by atoms with Gasteiger partial charge in [-0.1, -0.05) is 42.0 Å². The highest BCUT2D eigenvalue weighted by atomic mass is 19.1. The maximum absolute atomic E-state index is 12.8. The van der Waals surface area contributed by atoms with Gasteiger partial charge in [-0.3, -0.25) is 0 Å². The molecule has 1 aliphatic rings. The van der Waals surface area contributed by atoms with Crippen LogP contribution in [-0.2, 0) is 6.54 Å². The van der Waals surface area contributed by atoms with Gasteiger partial charge in [-0.2, -0.15) is 0 Å². The van der Waals surface area contributed by atoms with Crippen LogP contribution in [0.1, 0.15) is 35.4 Å². The fraction of sp³-hybridized carbons (Fsp3) is 0.333. The lowest BCUT2D eigenvalue weighted by Gasteiger charge is -2.36. The van der Waals surface area contributed by atoms with Gasteiger partial charge in [0.2, 0.25) is 0 Å². The van der Waals surface area contributed by atoms with E-state index in [2.05, 4.69) is 36.5 Å². The average Bonchev–Trinajstić information content (AvgIpc) is 2.41. The van der Waals surface area contributed by atoms with E-state index >= 15 is 0 Å². The number of aryl methyl sites for hydroxylation is 1. The van der Waals surface area contributed by atoms with E-state index in [1.54, 1.807) is 0 Å². The molecular weight excluding hydrogens is 249 g/mol. The van der Waals surface area contributed by atoms with E-state index in [-0.39, 0.29) is 5.82 Å². The molecule has 0 aromatic heterocycles. The van der Waals surface area contributed by atoms with Crippen LogP contribution < -0.4 is 5.32 Å². The van der Waals surface area contributed by atoms with Gasteiger partial charge in [0.1, 0.15) is 5.82 Å². The molecular formula is C18H20FN. The first-order chi connectivity index (χ1) is 9.70. The second kappa shape index (κ2) is 5.76. The third kappa shape index (κ3) is 3.07. The number of hydrogen-bond acceptors (Lipinski definition) is 1. The lowest BCUT2D eigenvalue weighted by molar-refractivity contribution is 0.289. The van der Waals surface area contributed by atoms with Crippen molar-refractivity contribution < 1.29 is 4.39 Å². The Labute approximate surface area is 119 Å². The quantitative estimate of drug-likeness (QED) is 0.878. The average molecular weight is 269 g/mol. The SMILES string of the molecule is Cc1ccc(C2CC(NCc3ccc(F)cc3)C2)cc1. The molecule has 1 N–H and O–H groups in total. The maximum Gasteiger partial charge on any atom is 0.123 e. The van der Waals surface area contributed by atoms with Gasteiger partial charge >= 0.3 is 0 Å². The summed E-state index contributed by atoms with van der Waals surface area (Å²) < 4.78 is 12.8. The summed E-state index contributed by atoms with van der Waals surface area (Å²) in [6.07, 6.45) is 2.40. The molecule has 20 heavy (non-hydrogen) atoms. The minimum atomic E-state index is -0.170. The number of nitrogens with one attached hydrogen (secondary N) is 1. The van der Waals surface area contributed by atoms with E-state index in [0.717, 1.165) is 12.1 Å². The van der Waals surface area contributed by atoms with Crippen LogP contribution in [0.15, 0.2) is 48.5 Å². The zero-order valence-electron chi connectivity index (χ0n) is 11.8. The van der Waals surface area contributed by atoms with Gasteiger partial charge in [0.05, 0.1) is 0 Å². The molecule has 1 nitrogen and oxygen atoms in total. The van der Waals surface area contributed by atoms with Crippen molar-refractivity contribution in [2.24, 2.45) is 0 Å². The predicted octanol–water partition coefficient (Wildman–Crippen LogP) is 4.17. The van der Waals surface area contributed by atoms with Gasteiger partial charge in [-0.25, -0.2) is 4.39 Å². The van der Waals surface area contributed by atoms with E-state index in [1.807, 2.05) is 12.1 Å². The molecule has 0 radical (unpaired) electrons. The smallest absolute Gasteiger partial charge is 0.123 e. The lowest BCUT2D eigenvalue weighted by atomic mass is 9.75. The highest BCUT2D eigenvalue weighted by molar-refractivity contribution is 5.27. The van der Waals surface area contributed by atoms with Crippen LogP contribution in [0.25, 0.3) is 0 Å². The molecule has 0 amide bonds. The van der Waals surface area contributed by atoms with Crippen LogP contribution in [0.2, 0.25) is 0 Å². The first kappa shape index (κ1) is 13.3. The number of rotatable bonds is 4. The number of hydrogen-bond donors (Lipinski definition) is 1. The van der Waals surface area contributed by atoms with Crippen molar-refractivity contribution in [3.05, 3.63) is 71.0 Å². The highest BCUT2D eigenvalue weighted by Crippen LogP contribution is 2.36. The molecule has 1 fully saturated rings. The standard InChI is InChI=1S/C18H20FN/c1-13-2-6-15(7-3-13)16-10-18(11-16)20-12-14-4-8-17(19)9-5-14/h2-9,16,18,20H,10-12H2,1H3. The summed E-state index contributed by atoms with van der Waals surface area (Å²) in [7, 11) is 0. The Balaban J connectivity index is 1.46. The van der Waals surface area contributed by atoms with Crippen LogP contribution in [0.4, 0.5) is 4.39 Å². The first-order valence-electron chi connectivity index (χ1n) is 7.25. The monoisotopic (exact) mass is 269 g/mol. The van der Waals surface area contributed by atoms with Gasteiger partial charge in [0, 0.05) is 12.6 Å². The Kier molecular flexibility index (Phi) is 3.83. The molecule has 0 saturated heterocycles. The van der Waals surface area contributed by atoms with Crippen LogP contribution in [0, 0.1) is 12.7 Å². The summed E-state index contributed by atoms with van der Waals surface area (Å²) >= 11 is 0. The molecule has 0 spiro atoms. The van der Waals surface area contributed by atoms with E-state index in [1.165, 1.54) is 36.1 Å². The molecule has 0 atom stereocenters. The minimum Gasteiger partial charge on any atom is -0.310 e. The summed E-state index contributed by atoms with van der Waals surface area (Å²) in [5.74, 6) is 0.526. The Bertz CT molecular complexity index is 550. The molecule has 0 bridgehead atoms. The summed E-state index contributed by atoms with van der Waals surface area (Å²) in [6, 6.07) is 16.2. The molecule has 3 rings (SSSR count). The van der Waals surface area contributed by atoms with Crippen molar-refractivity contribution in [3.8, 4) is 0 Å². The molecule has 2 aromatic rings. The summed E-state index contributed by atoms with van der Waals surface area (Å²) in [5.41, 5.74) is 3.92. The zero-order chi connectivity index (χ0) is 13.9. The molecule has 0 aliphatic heterocycles. The van der Waals surface area contributed by atoms with Gasteiger partial charge in [0.15, 0.2) is 0 Å². The van der Waals surface area contributed by atoms with E-state index in [9.17, 15) is 4.39 Å². The third-order valence-electron chi connectivity index (χ3n) is 4.19. The molecule has 2 aromatic carbocycles. The number of benzene rings is 2. The molecule has 0 unspecified atom stereocenters. The Morgan fingerprint density at radius 1 is 1.00 bits per heavy atom. The third-order valence-corrected chi connectivity index (χ3v) is 4.19. The molecule has 1 aliphatic carbocycles. The van der Waals surface area contributed by atoms with E-state index in [4.69, 9.17) is 0 Å². The van der Waals surface area contributed by atoms with Crippen LogP contribution in [0.3, 0.4) is 0 Å². The van der Waals surface area contributed by atoms with Gasteiger partial charge in [0.25, 0.3) is 0 Å². The van der Waals surface area contributed by atoms with Crippen molar-refractivity contribution in [3.63, 3.8) is 0 Å². The minimum absolute atomic E-state index is 0.170. The lowest BCUT2D eigenvalue weighted by Crippen LogP contribution is -2.39. The van der Waals surface area contributed by atoms with Gasteiger partial charge in [-0.05, 0) is 48.9 Å². The molecule has 104 valence electrons. The second-order valence-corrected chi connectivity index (χ2v) is 5.78. The largest absolute Gasteiger partial charge is 0.310 e. The van der Waals surface area contributed by atoms with E-state index in [0.29, 0.717) is 12.0 Å². The Morgan fingerprint density at radius 2 is 1.65 bits per heavy atom. The van der Waals surface area contributed by atoms with Crippen molar-refractivity contribution in [2.45, 2.75) is 38.3 Å². The Hall–Kier alpha value is -1.67. The first-order valence-corrected chi connectivity index (χ1v) is 7.25. The second-order valence-electron chi connectivity index (χ2n) is 5.78. The zero-order valence-corrected chi connectivity index (χ0v) is 11.8. The van der Waals surface area contributed by atoms with Gasteiger partial charge in [-0.15, -0.1) is 0 Å². The summed E-state index contributed by atoms with van der Waals surface area (Å²) in [5, 5.41) is 3.54. The van der Waals surface area contributed by atoms with E-state index < -0.39 is 0 Å². The van der Waals surface area contributed by atoms with Crippen LogP contribution >= 0.6 is 0 Å². The molecule has 2 heteroatoms. The normalized spacial score (nSPS) is 21.5. The highest BCUT2D eigenvalue weighted by Gasteiger charge is 2.29. The summed E-state index contributed by atoms with van der Waals surface area (Å²) in [6.45, 7) is 2.95. The number of halogens is 1. The van der Waals surface area contributed by atoms with Crippen molar-refractivity contribution in [1.29, 1.82) is 0 Å². The fourth-order valence-corrected chi connectivity index (χ4v) is 2.76.